The van der Waals surface area contributed by atoms with Crippen LogP contribution in [0.5, 0.6) is 0 Å². The van der Waals surface area contributed by atoms with Crippen LogP contribution in [0.2, 0.25) is 0 Å². The molecular formula is C13H21NO2. The molecule has 3 nitrogen and oxygen atoms in total. The van der Waals surface area contributed by atoms with E-state index in [0.29, 0.717) is 12.5 Å². The highest BCUT2D eigenvalue weighted by Crippen LogP contribution is 2.39. The van der Waals surface area contributed by atoms with E-state index in [0.717, 1.165) is 25.8 Å². The van der Waals surface area contributed by atoms with Gasteiger partial charge in [-0.05, 0) is 32.1 Å². The lowest BCUT2D eigenvalue weighted by molar-refractivity contribution is 0.0603. The van der Waals surface area contributed by atoms with Gasteiger partial charge in [-0.2, -0.15) is 0 Å². The molecule has 0 atom stereocenters. The summed E-state index contributed by atoms with van der Waals surface area (Å²) in [6.07, 6.45) is 5.05. The Morgan fingerprint density at radius 3 is 2.62 bits per heavy atom. The van der Waals surface area contributed by atoms with Crippen LogP contribution in [-0.2, 0) is 4.74 Å². The van der Waals surface area contributed by atoms with Crippen molar-refractivity contribution in [2.45, 2.75) is 45.6 Å². The predicted molar refractivity (Wildman–Crippen MR) is 63.2 cm³/mol. The maximum Gasteiger partial charge on any atom is 0.410 e. The molecule has 2 rings (SSSR count). The number of carbonyl (C=O) groups is 1. The molecule has 0 N–H and O–H groups in total. The fourth-order valence-corrected chi connectivity index (χ4v) is 1.93. The van der Waals surface area contributed by atoms with Crippen molar-refractivity contribution in [3.63, 3.8) is 0 Å². The highest BCUT2D eigenvalue weighted by Gasteiger charge is 2.42. The van der Waals surface area contributed by atoms with Gasteiger partial charge in [-0.1, -0.05) is 25.5 Å². The van der Waals surface area contributed by atoms with Gasteiger partial charge in [0.1, 0.15) is 5.60 Å². The maximum atomic E-state index is 11.8. The van der Waals surface area contributed by atoms with E-state index in [9.17, 15) is 4.79 Å². The van der Waals surface area contributed by atoms with Gasteiger partial charge in [-0.15, -0.1) is 0 Å². The van der Waals surface area contributed by atoms with Gasteiger partial charge in [-0.3, -0.25) is 0 Å². The van der Waals surface area contributed by atoms with Crippen LogP contribution < -0.4 is 0 Å². The van der Waals surface area contributed by atoms with E-state index >= 15 is 0 Å². The number of hydrogen-bond acceptors (Lipinski definition) is 2. The van der Waals surface area contributed by atoms with E-state index in [1.807, 2.05) is 6.92 Å². The van der Waals surface area contributed by atoms with Crippen LogP contribution in [0.4, 0.5) is 4.79 Å². The smallest absolute Gasteiger partial charge is 0.410 e. The summed E-state index contributed by atoms with van der Waals surface area (Å²) in [7, 11) is 0. The van der Waals surface area contributed by atoms with Crippen molar-refractivity contribution >= 4 is 6.09 Å². The normalized spacial score (nSPS) is 23.0. The van der Waals surface area contributed by atoms with Gasteiger partial charge in [0.05, 0.1) is 0 Å². The van der Waals surface area contributed by atoms with E-state index in [1.54, 1.807) is 4.90 Å². The molecule has 0 saturated heterocycles. The van der Waals surface area contributed by atoms with E-state index in [2.05, 4.69) is 19.9 Å². The molecule has 0 unspecified atom stereocenters. The summed E-state index contributed by atoms with van der Waals surface area (Å²) in [5.74, 6) is 0.596. The van der Waals surface area contributed by atoms with Gasteiger partial charge in [0.2, 0.25) is 0 Å². The van der Waals surface area contributed by atoms with Crippen molar-refractivity contribution in [3.05, 3.63) is 11.6 Å². The molecule has 2 aliphatic rings. The topological polar surface area (TPSA) is 29.5 Å². The van der Waals surface area contributed by atoms with E-state index in [-0.39, 0.29) is 11.7 Å². The molecule has 3 heteroatoms. The van der Waals surface area contributed by atoms with Gasteiger partial charge in [0.15, 0.2) is 0 Å². The third-order valence-electron chi connectivity index (χ3n) is 3.53. The molecule has 90 valence electrons. The van der Waals surface area contributed by atoms with Crippen LogP contribution in [-0.4, -0.2) is 29.7 Å². The number of hydrogen-bond donors (Lipinski definition) is 0. The molecule has 0 aromatic carbocycles. The first-order valence-corrected chi connectivity index (χ1v) is 6.17. The molecule has 1 saturated carbocycles. The van der Waals surface area contributed by atoms with Crippen LogP contribution in [0.15, 0.2) is 11.6 Å². The quantitative estimate of drug-likeness (QED) is 0.673. The Bertz CT molecular complexity index is 316. The number of carbonyl (C=O) groups excluding carboxylic acids is 1. The summed E-state index contributed by atoms with van der Waals surface area (Å²) in [4.78, 5) is 13.6. The van der Waals surface area contributed by atoms with Crippen LogP contribution in [0.3, 0.4) is 0 Å². The lowest BCUT2D eigenvalue weighted by atomic mass is 9.97. The van der Waals surface area contributed by atoms with Crippen LogP contribution in [0.25, 0.3) is 0 Å². The molecule has 0 aromatic heterocycles. The predicted octanol–water partition coefficient (Wildman–Crippen LogP) is 2.96. The molecule has 0 bridgehead atoms. The lowest BCUT2D eigenvalue weighted by Crippen LogP contribution is -2.37. The standard InChI is InChI=1S/C13H21NO2/c1-10(2)11-4-8-14(9-5-11)12(15)16-13(3)6-7-13/h4,10H,5-9H2,1-3H3. The van der Waals surface area contributed by atoms with Crippen molar-refractivity contribution in [1.82, 2.24) is 4.90 Å². The zero-order valence-electron chi connectivity index (χ0n) is 10.5. The fraction of sp³-hybridized carbons (Fsp3) is 0.769. The first-order valence-electron chi connectivity index (χ1n) is 6.17. The molecular weight excluding hydrogens is 202 g/mol. The molecule has 0 aromatic rings. The number of amides is 1. The van der Waals surface area contributed by atoms with Crippen LogP contribution in [0.1, 0.15) is 40.0 Å². The van der Waals surface area contributed by atoms with Gasteiger partial charge in [-0.25, -0.2) is 4.79 Å². The largest absolute Gasteiger partial charge is 0.443 e. The van der Waals surface area contributed by atoms with E-state index in [4.69, 9.17) is 4.74 Å². The minimum absolute atomic E-state index is 0.140. The Morgan fingerprint density at radius 1 is 1.50 bits per heavy atom. The second kappa shape index (κ2) is 4.11. The molecule has 1 heterocycles. The van der Waals surface area contributed by atoms with Crippen molar-refractivity contribution in [2.24, 2.45) is 5.92 Å². The van der Waals surface area contributed by atoms with Crippen LogP contribution in [0, 0.1) is 5.92 Å². The summed E-state index contributed by atoms with van der Waals surface area (Å²) >= 11 is 0. The highest BCUT2D eigenvalue weighted by molar-refractivity contribution is 5.69. The third kappa shape index (κ3) is 2.57. The second-order valence-electron chi connectivity index (χ2n) is 5.45. The highest BCUT2D eigenvalue weighted by atomic mass is 16.6. The Balaban J connectivity index is 1.86. The van der Waals surface area contributed by atoms with Gasteiger partial charge < -0.3 is 9.64 Å². The Morgan fingerprint density at radius 2 is 2.19 bits per heavy atom. The molecule has 0 spiro atoms. The van der Waals surface area contributed by atoms with Gasteiger partial charge in [0.25, 0.3) is 0 Å². The first-order chi connectivity index (χ1) is 7.50. The first kappa shape index (κ1) is 11.5. The minimum atomic E-state index is -0.154. The molecule has 1 aliphatic carbocycles. The van der Waals surface area contributed by atoms with Gasteiger partial charge in [0, 0.05) is 13.1 Å². The minimum Gasteiger partial charge on any atom is -0.443 e. The summed E-state index contributed by atoms with van der Waals surface area (Å²) < 4.78 is 5.44. The maximum absolute atomic E-state index is 11.8. The van der Waals surface area contributed by atoms with Gasteiger partial charge >= 0.3 is 6.09 Å². The fourth-order valence-electron chi connectivity index (χ4n) is 1.93. The molecule has 0 radical (unpaired) electrons. The Kier molecular flexibility index (Phi) is 2.96. The third-order valence-corrected chi connectivity index (χ3v) is 3.53. The van der Waals surface area contributed by atoms with Crippen molar-refractivity contribution in [3.8, 4) is 0 Å². The SMILES string of the molecule is CC(C)C1=CCN(C(=O)OC2(C)CC2)CC1. The van der Waals surface area contributed by atoms with Crippen molar-refractivity contribution < 1.29 is 9.53 Å². The molecule has 1 aliphatic heterocycles. The second-order valence-corrected chi connectivity index (χ2v) is 5.45. The zero-order chi connectivity index (χ0) is 11.8. The summed E-state index contributed by atoms with van der Waals surface area (Å²) in [5.41, 5.74) is 1.31. The number of nitrogens with zero attached hydrogens (tertiary/aromatic N) is 1. The van der Waals surface area contributed by atoms with Crippen molar-refractivity contribution in [2.75, 3.05) is 13.1 Å². The Labute approximate surface area is 97.5 Å². The molecule has 16 heavy (non-hydrogen) atoms. The average molecular weight is 223 g/mol. The summed E-state index contributed by atoms with van der Waals surface area (Å²) in [6.45, 7) is 7.92. The number of rotatable bonds is 2. The Hall–Kier alpha value is -0.990. The summed E-state index contributed by atoms with van der Waals surface area (Å²) in [6, 6.07) is 0. The van der Waals surface area contributed by atoms with Crippen molar-refractivity contribution in [1.29, 1.82) is 0 Å². The van der Waals surface area contributed by atoms with Crippen LogP contribution >= 0.6 is 0 Å². The molecule has 1 amide bonds. The number of ether oxygens (including phenoxy) is 1. The zero-order valence-corrected chi connectivity index (χ0v) is 10.5. The van der Waals surface area contributed by atoms with E-state index < -0.39 is 0 Å². The lowest BCUT2D eigenvalue weighted by Gasteiger charge is -2.28. The monoisotopic (exact) mass is 223 g/mol. The van der Waals surface area contributed by atoms with E-state index in [1.165, 1.54) is 5.57 Å². The summed E-state index contributed by atoms with van der Waals surface area (Å²) in [5, 5.41) is 0. The average Bonchev–Trinajstić information content (AvgIpc) is 2.96. The molecule has 1 fully saturated rings.